The standard InChI is InChI=1S/C15H18N2O/c1-2-17-14(9-11-16-17)15(18)10-5-7-12-6-3-4-8-13(12)15/h3-4,6,8-9,11,18H,2,5,7,10H2,1H3. The molecule has 1 unspecified atom stereocenters. The van der Waals surface area contributed by atoms with Gasteiger partial charge in [-0.05, 0) is 43.4 Å². The van der Waals surface area contributed by atoms with Crippen LogP contribution in [0.15, 0.2) is 36.5 Å². The second kappa shape index (κ2) is 4.25. The molecule has 1 aliphatic rings. The second-order valence-electron chi connectivity index (χ2n) is 4.90. The van der Waals surface area contributed by atoms with Crippen LogP contribution in [0.5, 0.6) is 0 Å². The minimum Gasteiger partial charge on any atom is -0.379 e. The molecule has 3 rings (SSSR count). The highest BCUT2D eigenvalue weighted by atomic mass is 16.3. The Hall–Kier alpha value is -1.61. The molecule has 1 aromatic carbocycles. The van der Waals surface area contributed by atoms with Crippen LogP contribution >= 0.6 is 0 Å². The summed E-state index contributed by atoms with van der Waals surface area (Å²) in [4.78, 5) is 0. The Balaban J connectivity index is 2.17. The normalized spacial score (nSPS) is 22.8. The van der Waals surface area contributed by atoms with Gasteiger partial charge in [0.15, 0.2) is 0 Å². The summed E-state index contributed by atoms with van der Waals surface area (Å²) in [6.07, 6.45) is 4.62. The maximum Gasteiger partial charge on any atom is 0.131 e. The maximum atomic E-state index is 11.1. The van der Waals surface area contributed by atoms with E-state index in [0.717, 1.165) is 37.1 Å². The summed E-state index contributed by atoms with van der Waals surface area (Å²) >= 11 is 0. The number of benzene rings is 1. The highest BCUT2D eigenvalue weighted by Crippen LogP contribution is 2.40. The molecule has 0 saturated carbocycles. The van der Waals surface area contributed by atoms with Gasteiger partial charge in [-0.2, -0.15) is 5.10 Å². The Kier molecular flexibility index (Phi) is 2.71. The molecule has 94 valence electrons. The van der Waals surface area contributed by atoms with Crippen molar-refractivity contribution in [3.63, 3.8) is 0 Å². The Morgan fingerprint density at radius 3 is 3.00 bits per heavy atom. The third kappa shape index (κ3) is 1.58. The highest BCUT2D eigenvalue weighted by Gasteiger charge is 2.38. The lowest BCUT2D eigenvalue weighted by Gasteiger charge is -2.34. The topological polar surface area (TPSA) is 38.0 Å². The Morgan fingerprint density at radius 1 is 1.33 bits per heavy atom. The number of rotatable bonds is 2. The molecule has 3 heteroatoms. The second-order valence-corrected chi connectivity index (χ2v) is 4.90. The van der Waals surface area contributed by atoms with Gasteiger partial charge in [0.2, 0.25) is 0 Å². The quantitative estimate of drug-likeness (QED) is 0.878. The zero-order valence-electron chi connectivity index (χ0n) is 10.6. The lowest BCUT2D eigenvalue weighted by atomic mass is 9.77. The monoisotopic (exact) mass is 242 g/mol. The first-order valence-electron chi connectivity index (χ1n) is 6.59. The molecule has 0 bridgehead atoms. The summed E-state index contributed by atoms with van der Waals surface area (Å²) in [5.74, 6) is 0. The molecule has 1 heterocycles. The number of hydrogen-bond donors (Lipinski definition) is 1. The van der Waals surface area contributed by atoms with Gasteiger partial charge in [0.05, 0.1) is 5.69 Å². The van der Waals surface area contributed by atoms with Crippen molar-refractivity contribution in [2.45, 2.75) is 38.3 Å². The number of hydrogen-bond acceptors (Lipinski definition) is 2. The van der Waals surface area contributed by atoms with E-state index >= 15 is 0 Å². The molecule has 1 N–H and O–H groups in total. The first-order chi connectivity index (χ1) is 8.75. The maximum absolute atomic E-state index is 11.1. The SMILES string of the molecule is CCn1nccc1C1(O)CCCc2ccccc21. The third-order valence-electron chi connectivity index (χ3n) is 3.89. The summed E-state index contributed by atoms with van der Waals surface area (Å²) in [7, 11) is 0. The lowest BCUT2D eigenvalue weighted by Crippen LogP contribution is -2.34. The van der Waals surface area contributed by atoms with Crippen molar-refractivity contribution in [2.24, 2.45) is 0 Å². The van der Waals surface area contributed by atoms with E-state index in [4.69, 9.17) is 0 Å². The number of aryl methyl sites for hydroxylation is 2. The van der Waals surface area contributed by atoms with Gasteiger partial charge >= 0.3 is 0 Å². The summed E-state index contributed by atoms with van der Waals surface area (Å²) in [6.45, 7) is 2.83. The Bertz CT molecular complexity index is 561. The van der Waals surface area contributed by atoms with Crippen LogP contribution < -0.4 is 0 Å². The van der Waals surface area contributed by atoms with Gasteiger partial charge in [0.25, 0.3) is 0 Å². The molecule has 1 atom stereocenters. The number of nitrogens with zero attached hydrogens (tertiary/aromatic N) is 2. The van der Waals surface area contributed by atoms with Crippen molar-refractivity contribution in [1.29, 1.82) is 0 Å². The van der Waals surface area contributed by atoms with Crippen LogP contribution in [0.4, 0.5) is 0 Å². The first kappa shape index (κ1) is 11.5. The van der Waals surface area contributed by atoms with Crippen LogP contribution in [0.2, 0.25) is 0 Å². The minimum atomic E-state index is -0.874. The fraction of sp³-hybridized carbons (Fsp3) is 0.400. The van der Waals surface area contributed by atoms with Crippen LogP contribution in [0.25, 0.3) is 0 Å². The molecule has 1 aromatic heterocycles. The summed E-state index contributed by atoms with van der Waals surface area (Å²) in [6, 6.07) is 10.1. The van der Waals surface area contributed by atoms with Crippen LogP contribution in [0.3, 0.4) is 0 Å². The molecular formula is C15H18N2O. The fourth-order valence-corrected chi connectivity index (χ4v) is 3.01. The number of fused-ring (bicyclic) bond motifs is 1. The van der Waals surface area contributed by atoms with Crippen LogP contribution in [0.1, 0.15) is 36.6 Å². The Labute approximate surface area is 107 Å². The van der Waals surface area contributed by atoms with Crippen molar-refractivity contribution < 1.29 is 5.11 Å². The zero-order chi connectivity index (χ0) is 12.6. The Morgan fingerprint density at radius 2 is 2.17 bits per heavy atom. The van der Waals surface area contributed by atoms with Gasteiger partial charge in [-0.3, -0.25) is 4.68 Å². The van der Waals surface area contributed by atoms with Gasteiger partial charge in [-0.15, -0.1) is 0 Å². The lowest BCUT2D eigenvalue weighted by molar-refractivity contribution is 0.0523. The van der Waals surface area contributed by atoms with Gasteiger partial charge in [-0.25, -0.2) is 0 Å². The fourth-order valence-electron chi connectivity index (χ4n) is 3.01. The van der Waals surface area contributed by atoms with E-state index in [-0.39, 0.29) is 0 Å². The van der Waals surface area contributed by atoms with Crippen LogP contribution in [0, 0.1) is 0 Å². The van der Waals surface area contributed by atoms with Crippen LogP contribution in [-0.2, 0) is 18.6 Å². The summed E-state index contributed by atoms with van der Waals surface area (Å²) in [5, 5.41) is 15.4. The average Bonchev–Trinajstić information content (AvgIpc) is 2.88. The predicted molar refractivity (Wildman–Crippen MR) is 70.3 cm³/mol. The van der Waals surface area contributed by atoms with Crippen molar-refractivity contribution in [3.8, 4) is 0 Å². The molecule has 0 radical (unpaired) electrons. The molecule has 3 nitrogen and oxygen atoms in total. The van der Waals surface area contributed by atoms with E-state index in [0.29, 0.717) is 0 Å². The third-order valence-corrected chi connectivity index (χ3v) is 3.89. The van der Waals surface area contributed by atoms with E-state index in [1.807, 2.05) is 28.9 Å². The molecule has 0 amide bonds. The van der Waals surface area contributed by atoms with E-state index < -0.39 is 5.60 Å². The van der Waals surface area contributed by atoms with Gasteiger partial charge in [-0.1, -0.05) is 24.3 Å². The minimum absolute atomic E-state index is 0.774. The van der Waals surface area contributed by atoms with Gasteiger partial charge in [0.1, 0.15) is 5.60 Å². The number of aliphatic hydroxyl groups is 1. The molecule has 0 spiro atoms. The van der Waals surface area contributed by atoms with E-state index in [1.165, 1.54) is 5.56 Å². The molecule has 18 heavy (non-hydrogen) atoms. The van der Waals surface area contributed by atoms with Crippen molar-refractivity contribution >= 4 is 0 Å². The highest BCUT2D eigenvalue weighted by molar-refractivity contribution is 5.40. The van der Waals surface area contributed by atoms with E-state index in [1.54, 1.807) is 6.20 Å². The largest absolute Gasteiger partial charge is 0.379 e. The van der Waals surface area contributed by atoms with Gasteiger partial charge < -0.3 is 5.11 Å². The first-order valence-corrected chi connectivity index (χ1v) is 6.59. The average molecular weight is 242 g/mol. The number of aromatic nitrogens is 2. The molecular weight excluding hydrogens is 224 g/mol. The molecule has 0 fully saturated rings. The van der Waals surface area contributed by atoms with Gasteiger partial charge in [0, 0.05) is 12.7 Å². The van der Waals surface area contributed by atoms with E-state index in [9.17, 15) is 5.11 Å². The summed E-state index contributed by atoms with van der Waals surface area (Å²) in [5.41, 5.74) is 2.35. The van der Waals surface area contributed by atoms with Crippen molar-refractivity contribution in [2.75, 3.05) is 0 Å². The zero-order valence-corrected chi connectivity index (χ0v) is 10.6. The predicted octanol–water partition coefficient (Wildman–Crippen LogP) is 2.48. The molecule has 2 aromatic rings. The van der Waals surface area contributed by atoms with Crippen molar-refractivity contribution in [1.82, 2.24) is 9.78 Å². The molecule has 1 aliphatic carbocycles. The summed E-state index contributed by atoms with van der Waals surface area (Å²) < 4.78 is 1.89. The molecule has 0 saturated heterocycles. The van der Waals surface area contributed by atoms with Crippen LogP contribution in [-0.4, -0.2) is 14.9 Å². The van der Waals surface area contributed by atoms with Crippen molar-refractivity contribution in [3.05, 3.63) is 53.3 Å². The molecule has 0 aliphatic heterocycles. The smallest absolute Gasteiger partial charge is 0.131 e. The van der Waals surface area contributed by atoms with E-state index in [2.05, 4.69) is 18.1 Å².